The summed E-state index contributed by atoms with van der Waals surface area (Å²) in [6.07, 6.45) is 5.37. The second-order valence-corrected chi connectivity index (χ2v) is 3.64. The smallest absolute Gasteiger partial charge is 0.0949 e. The highest BCUT2D eigenvalue weighted by Crippen LogP contribution is 2.25. The molecule has 0 atom stereocenters. The fraction of sp³-hybridized carbons (Fsp3) is 0.167. The van der Waals surface area contributed by atoms with E-state index < -0.39 is 0 Å². The van der Waals surface area contributed by atoms with Crippen LogP contribution >= 0.6 is 0 Å². The Hall–Kier alpha value is -1.90. The van der Waals surface area contributed by atoms with E-state index in [9.17, 15) is 0 Å². The molecule has 76 valence electrons. The summed E-state index contributed by atoms with van der Waals surface area (Å²) in [4.78, 5) is 8.42. The highest BCUT2D eigenvalue weighted by atomic mass is 14.7. The van der Waals surface area contributed by atoms with Crippen molar-refractivity contribution in [1.82, 2.24) is 9.97 Å². The van der Waals surface area contributed by atoms with Crippen LogP contribution in [0.25, 0.3) is 11.3 Å². The Balaban J connectivity index is 2.59. The fourth-order valence-corrected chi connectivity index (χ4v) is 1.48. The zero-order valence-electron chi connectivity index (χ0n) is 8.86. The molecule has 0 amide bonds. The summed E-state index contributed by atoms with van der Waals surface area (Å²) in [5, 5.41) is 0. The number of rotatable bonds is 1. The van der Waals surface area contributed by atoms with Gasteiger partial charge in [-0.1, -0.05) is 0 Å². The number of aromatic nitrogens is 2. The van der Waals surface area contributed by atoms with E-state index in [-0.39, 0.29) is 0 Å². The van der Waals surface area contributed by atoms with Gasteiger partial charge in [-0.25, -0.2) is 0 Å². The lowest BCUT2D eigenvalue weighted by Gasteiger charge is -2.07. The van der Waals surface area contributed by atoms with Crippen molar-refractivity contribution in [2.75, 3.05) is 5.73 Å². The molecule has 2 rings (SSSR count). The number of hydrogen-bond acceptors (Lipinski definition) is 3. The van der Waals surface area contributed by atoms with Gasteiger partial charge in [-0.15, -0.1) is 0 Å². The van der Waals surface area contributed by atoms with Gasteiger partial charge >= 0.3 is 0 Å². The van der Waals surface area contributed by atoms with E-state index in [1.165, 1.54) is 0 Å². The average Bonchev–Trinajstić information content (AvgIpc) is 2.22. The minimum absolute atomic E-state index is 0.727. The van der Waals surface area contributed by atoms with Crippen molar-refractivity contribution in [3.63, 3.8) is 0 Å². The van der Waals surface area contributed by atoms with Crippen LogP contribution in [0, 0.1) is 13.8 Å². The minimum Gasteiger partial charge on any atom is -0.397 e. The minimum atomic E-state index is 0.727. The van der Waals surface area contributed by atoms with Crippen molar-refractivity contribution in [1.29, 1.82) is 0 Å². The van der Waals surface area contributed by atoms with Crippen LogP contribution in [0.4, 0.5) is 5.69 Å². The Morgan fingerprint density at radius 3 is 2.73 bits per heavy atom. The van der Waals surface area contributed by atoms with Gasteiger partial charge in [-0.3, -0.25) is 9.97 Å². The summed E-state index contributed by atoms with van der Waals surface area (Å²) >= 11 is 0. The number of aryl methyl sites for hydroxylation is 2. The highest BCUT2D eigenvalue weighted by molar-refractivity contribution is 5.74. The summed E-state index contributed by atoms with van der Waals surface area (Å²) in [5.41, 5.74) is 10.6. The van der Waals surface area contributed by atoms with Crippen molar-refractivity contribution in [3.8, 4) is 11.3 Å². The van der Waals surface area contributed by atoms with Crippen molar-refractivity contribution in [2.24, 2.45) is 0 Å². The molecule has 0 fully saturated rings. The van der Waals surface area contributed by atoms with Gasteiger partial charge in [0.15, 0.2) is 0 Å². The molecule has 2 aromatic rings. The van der Waals surface area contributed by atoms with Gasteiger partial charge in [-0.05, 0) is 37.1 Å². The average molecular weight is 199 g/mol. The van der Waals surface area contributed by atoms with Gasteiger partial charge in [0, 0.05) is 24.2 Å². The Labute approximate surface area is 89.0 Å². The summed E-state index contributed by atoms with van der Waals surface area (Å²) in [7, 11) is 0. The predicted octanol–water partition coefficient (Wildman–Crippen LogP) is 2.34. The molecular weight excluding hydrogens is 186 g/mol. The molecule has 0 aliphatic heterocycles. The van der Waals surface area contributed by atoms with E-state index in [2.05, 4.69) is 9.97 Å². The number of nitrogen functional groups attached to an aromatic ring is 1. The van der Waals surface area contributed by atoms with Crippen LogP contribution in [0.1, 0.15) is 11.1 Å². The molecular formula is C12H13N3. The topological polar surface area (TPSA) is 51.8 Å². The fourth-order valence-electron chi connectivity index (χ4n) is 1.48. The van der Waals surface area contributed by atoms with Gasteiger partial charge in [-0.2, -0.15) is 0 Å². The summed E-state index contributed by atoms with van der Waals surface area (Å²) in [5.74, 6) is 0. The van der Waals surface area contributed by atoms with Crippen LogP contribution in [0.3, 0.4) is 0 Å². The number of pyridine rings is 2. The van der Waals surface area contributed by atoms with Crippen LogP contribution in [0.2, 0.25) is 0 Å². The summed E-state index contributed by atoms with van der Waals surface area (Å²) in [6.45, 7) is 3.98. The molecule has 0 aliphatic carbocycles. The van der Waals surface area contributed by atoms with Crippen molar-refractivity contribution < 1.29 is 0 Å². The Morgan fingerprint density at radius 2 is 2.00 bits per heavy atom. The van der Waals surface area contributed by atoms with Crippen LogP contribution in [-0.4, -0.2) is 9.97 Å². The molecule has 0 aliphatic rings. The molecule has 0 radical (unpaired) electrons. The molecule has 15 heavy (non-hydrogen) atoms. The molecule has 2 N–H and O–H groups in total. The first-order chi connectivity index (χ1) is 7.18. The van der Waals surface area contributed by atoms with Gasteiger partial charge in [0.2, 0.25) is 0 Å². The third-order valence-corrected chi connectivity index (χ3v) is 2.36. The molecule has 0 bridgehead atoms. The largest absolute Gasteiger partial charge is 0.397 e. The second-order valence-electron chi connectivity index (χ2n) is 3.64. The first kappa shape index (κ1) is 9.65. The molecule has 0 unspecified atom stereocenters. The van der Waals surface area contributed by atoms with E-state index in [0.717, 1.165) is 28.1 Å². The van der Waals surface area contributed by atoms with E-state index in [4.69, 9.17) is 5.73 Å². The normalized spacial score (nSPS) is 10.3. The third-order valence-electron chi connectivity index (χ3n) is 2.36. The van der Waals surface area contributed by atoms with E-state index >= 15 is 0 Å². The Kier molecular flexibility index (Phi) is 2.37. The molecule has 3 heteroatoms. The monoisotopic (exact) mass is 199 g/mol. The second kappa shape index (κ2) is 3.69. The molecule has 0 aromatic carbocycles. The lowest BCUT2D eigenvalue weighted by Crippen LogP contribution is -1.96. The van der Waals surface area contributed by atoms with Gasteiger partial charge in [0.1, 0.15) is 0 Å². The maximum Gasteiger partial charge on any atom is 0.0949 e. The van der Waals surface area contributed by atoms with Crippen LogP contribution in [0.5, 0.6) is 0 Å². The molecule has 0 spiro atoms. The van der Waals surface area contributed by atoms with Crippen molar-refractivity contribution >= 4 is 5.69 Å². The first-order valence-electron chi connectivity index (χ1n) is 4.81. The number of anilines is 1. The van der Waals surface area contributed by atoms with Crippen molar-refractivity contribution in [2.45, 2.75) is 13.8 Å². The van der Waals surface area contributed by atoms with Crippen LogP contribution < -0.4 is 5.73 Å². The summed E-state index contributed by atoms with van der Waals surface area (Å²) in [6, 6.07) is 3.94. The molecule has 0 saturated heterocycles. The number of hydrogen-bond donors (Lipinski definition) is 1. The molecule has 3 nitrogen and oxygen atoms in total. The zero-order chi connectivity index (χ0) is 10.8. The van der Waals surface area contributed by atoms with Gasteiger partial charge in [0.25, 0.3) is 0 Å². The van der Waals surface area contributed by atoms with Crippen molar-refractivity contribution in [3.05, 3.63) is 41.9 Å². The molecule has 2 heterocycles. The zero-order valence-corrected chi connectivity index (χ0v) is 8.86. The molecule has 2 aromatic heterocycles. The van der Waals surface area contributed by atoms with E-state index in [1.54, 1.807) is 12.4 Å². The van der Waals surface area contributed by atoms with E-state index in [0.29, 0.717) is 0 Å². The first-order valence-corrected chi connectivity index (χ1v) is 4.81. The van der Waals surface area contributed by atoms with Crippen LogP contribution in [0.15, 0.2) is 30.7 Å². The lowest BCUT2D eigenvalue weighted by molar-refractivity contribution is 1.23. The molecule has 0 saturated carbocycles. The predicted molar refractivity (Wildman–Crippen MR) is 61.4 cm³/mol. The highest BCUT2D eigenvalue weighted by Gasteiger charge is 2.06. The maximum atomic E-state index is 5.97. The number of nitrogens with two attached hydrogens (primary N) is 1. The van der Waals surface area contributed by atoms with Crippen LogP contribution in [-0.2, 0) is 0 Å². The quantitative estimate of drug-likeness (QED) is 0.767. The number of nitrogens with zero attached hydrogens (tertiary/aromatic N) is 2. The standard InChI is InChI=1S/C12H13N3/c1-8-5-10(7-14-6-8)12-11(13)9(2)3-4-15-12/h3-7H,13H2,1-2H3. The lowest BCUT2D eigenvalue weighted by atomic mass is 10.1. The SMILES string of the molecule is Cc1cncc(-c2nccc(C)c2N)c1. The van der Waals surface area contributed by atoms with Gasteiger partial charge < -0.3 is 5.73 Å². The Bertz CT molecular complexity index is 492. The van der Waals surface area contributed by atoms with Gasteiger partial charge in [0.05, 0.1) is 11.4 Å². The van der Waals surface area contributed by atoms with E-state index in [1.807, 2.05) is 32.2 Å². The summed E-state index contributed by atoms with van der Waals surface area (Å²) < 4.78 is 0. The Morgan fingerprint density at radius 1 is 1.20 bits per heavy atom. The third kappa shape index (κ3) is 1.81. The maximum absolute atomic E-state index is 5.97.